The molecule has 0 bridgehead atoms. The van der Waals surface area contributed by atoms with E-state index in [0.29, 0.717) is 18.5 Å². The number of ether oxygens (including phenoxy) is 1. The zero-order valence-corrected chi connectivity index (χ0v) is 25.4. The van der Waals surface area contributed by atoms with Crippen LogP contribution in [0.2, 0.25) is 0 Å². The van der Waals surface area contributed by atoms with E-state index in [1.165, 1.54) is 12.1 Å². The van der Waals surface area contributed by atoms with Crippen molar-refractivity contribution in [2.75, 3.05) is 6.54 Å². The predicted octanol–water partition coefficient (Wildman–Crippen LogP) is 6.15. The fraction of sp³-hybridized carbons (Fsp3) is 0.485. The molecule has 8 nitrogen and oxygen atoms in total. The summed E-state index contributed by atoms with van der Waals surface area (Å²) in [5.41, 5.74) is 1.45. The molecular weight excluding hydrogens is 518 g/mol. The maximum atomic E-state index is 14.5. The number of phenolic OH excluding ortho intramolecular Hbond substituents is 1. The molecule has 0 radical (unpaired) electrons. The summed E-state index contributed by atoms with van der Waals surface area (Å²) in [5.74, 6) is -0.590. The number of aromatic hydroxyl groups is 1. The van der Waals surface area contributed by atoms with Crippen LogP contribution in [0, 0.1) is 0 Å². The lowest BCUT2D eigenvalue weighted by Gasteiger charge is -2.38. The number of hydrogen-bond acceptors (Lipinski definition) is 5. The number of rotatable bonds is 14. The van der Waals surface area contributed by atoms with Gasteiger partial charge in [-0.05, 0) is 75.4 Å². The van der Waals surface area contributed by atoms with Crippen molar-refractivity contribution in [2.45, 2.75) is 97.4 Å². The van der Waals surface area contributed by atoms with Crippen molar-refractivity contribution in [2.24, 2.45) is 0 Å². The first-order chi connectivity index (χ1) is 19.4. The lowest BCUT2D eigenvalue weighted by molar-refractivity contribution is -0.145. The first-order valence-corrected chi connectivity index (χ1v) is 14.5. The van der Waals surface area contributed by atoms with Gasteiger partial charge in [0.05, 0.1) is 0 Å². The Balaban J connectivity index is 2.57. The highest BCUT2D eigenvalue weighted by Crippen LogP contribution is 2.28. The molecular formula is C33H47N3O5. The van der Waals surface area contributed by atoms with Gasteiger partial charge in [0.15, 0.2) is 0 Å². The molecule has 2 aromatic carbocycles. The smallest absolute Gasteiger partial charge is 0.408 e. The van der Waals surface area contributed by atoms with Crippen molar-refractivity contribution in [1.29, 1.82) is 0 Å². The summed E-state index contributed by atoms with van der Waals surface area (Å²) in [5, 5.41) is 15.6. The van der Waals surface area contributed by atoms with E-state index in [4.69, 9.17) is 4.74 Å². The highest BCUT2D eigenvalue weighted by Gasteiger charge is 2.38. The van der Waals surface area contributed by atoms with E-state index in [2.05, 4.69) is 24.1 Å². The first-order valence-electron chi connectivity index (χ1n) is 14.5. The molecule has 8 heteroatoms. The first kappa shape index (κ1) is 33.4. The topological polar surface area (TPSA) is 108 Å². The minimum Gasteiger partial charge on any atom is -0.508 e. The highest BCUT2D eigenvalue weighted by atomic mass is 16.6. The van der Waals surface area contributed by atoms with E-state index in [1.807, 2.05) is 38.1 Å². The summed E-state index contributed by atoms with van der Waals surface area (Å²) in [6.45, 7) is 15.6. The van der Waals surface area contributed by atoms with Gasteiger partial charge in [0.2, 0.25) is 11.8 Å². The molecule has 0 saturated heterocycles. The number of nitrogens with one attached hydrogen (secondary N) is 2. The lowest BCUT2D eigenvalue weighted by Crippen LogP contribution is -2.56. The molecule has 3 unspecified atom stereocenters. The quantitative estimate of drug-likeness (QED) is 0.238. The van der Waals surface area contributed by atoms with Crippen molar-refractivity contribution in [3.05, 3.63) is 71.8 Å². The van der Waals surface area contributed by atoms with Crippen LogP contribution < -0.4 is 10.6 Å². The van der Waals surface area contributed by atoms with Crippen LogP contribution in [0.3, 0.4) is 0 Å². The van der Waals surface area contributed by atoms with E-state index in [9.17, 15) is 19.5 Å². The summed E-state index contributed by atoms with van der Waals surface area (Å²) >= 11 is 0. The van der Waals surface area contributed by atoms with Gasteiger partial charge in [-0.25, -0.2) is 4.79 Å². The van der Waals surface area contributed by atoms with Crippen molar-refractivity contribution in [3.63, 3.8) is 0 Å². The van der Waals surface area contributed by atoms with Gasteiger partial charge < -0.3 is 25.4 Å². The number of phenols is 1. The van der Waals surface area contributed by atoms with Crippen molar-refractivity contribution >= 4 is 24.0 Å². The number of alkyl carbamates (subject to hydrolysis) is 1. The van der Waals surface area contributed by atoms with Crippen LogP contribution in [0.25, 0.3) is 6.08 Å². The van der Waals surface area contributed by atoms with Gasteiger partial charge in [0, 0.05) is 19.0 Å². The van der Waals surface area contributed by atoms with Gasteiger partial charge >= 0.3 is 6.09 Å². The fourth-order valence-corrected chi connectivity index (χ4v) is 4.47. The molecule has 0 aliphatic carbocycles. The predicted molar refractivity (Wildman–Crippen MR) is 163 cm³/mol. The van der Waals surface area contributed by atoms with Crippen LogP contribution in [-0.2, 0) is 20.7 Å². The number of carbonyl (C=O) groups is 3. The number of amides is 3. The van der Waals surface area contributed by atoms with Gasteiger partial charge in [-0.2, -0.15) is 0 Å². The van der Waals surface area contributed by atoms with E-state index in [-0.39, 0.29) is 24.1 Å². The van der Waals surface area contributed by atoms with Crippen molar-refractivity contribution < 1.29 is 24.2 Å². The Morgan fingerprint density at radius 2 is 1.76 bits per heavy atom. The maximum absolute atomic E-state index is 14.5. The van der Waals surface area contributed by atoms with E-state index >= 15 is 0 Å². The van der Waals surface area contributed by atoms with Crippen LogP contribution in [-0.4, -0.2) is 52.1 Å². The van der Waals surface area contributed by atoms with Gasteiger partial charge in [-0.15, -0.1) is 0 Å². The molecule has 3 atom stereocenters. The van der Waals surface area contributed by atoms with Crippen LogP contribution in [0.5, 0.6) is 5.75 Å². The minimum atomic E-state index is -1.03. The Bertz CT molecular complexity index is 1160. The molecule has 3 N–H and O–H groups in total. The minimum absolute atomic E-state index is 0.0971. The van der Waals surface area contributed by atoms with E-state index in [1.54, 1.807) is 43.9 Å². The van der Waals surface area contributed by atoms with Gasteiger partial charge in [-0.3, -0.25) is 9.59 Å². The highest BCUT2D eigenvalue weighted by molar-refractivity contribution is 5.92. The molecule has 224 valence electrons. The zero-order valence-electron chi connectivity index (χ0n) is 25.4. The Morgan fingerprint density at radius 3 is 2.34 bits per heavy atom. The molecule has 0 aliphatic heterocycles. The average molecular weight is 566 g/mol. The standard InChI is InChI=1S/C33H47N3O5/c1-8-11-12-20-34-30(38)29(26-15-13-14-24(10-3)21-26)36(23(4)9-2)31(39)28(35-32(40)41-33(5,6)7)22-25-16-18-27(37)19-17-25/h10,13-19,21,23,28-29,37H,3,8-9,11-12,20,22H2,1-2,4-7H3,(H,34,38)(H,35,40). The molecule has 0 fully saturated rings. The van der Waals surface area contributed by atoms with Gasteiger partial charge in [-0.1, -0.05) is 69.7 Å². The second kappa shape index (κ2) is 15.8. The monoisotopic (exact) mass is 565 g/mol. The van der Waals surface area contributed by atoms with E-state index in [0.717, 1.165) is 30.4 Å². The molecule has 2 aromatic rings. The van der Waals surface area contributed by atoms with Crippen molar-refractivity contribution in [3.8, 4) is 5.75 Å². The molecule has 0 heterocycles. The summed E-state index contributed by atoms with van der Waals surface area (Å²) in [6.07, 6.45) is 4.55. The molecule has 0 saturated carbocycles. The van der Waals surface area contributed by atoms with Crippen LogP contribution in [0.1, 0.15) is 90.0 Å². The molecule has 0 aliphatic rings. The number of hydrogen-bond donors (Lipinski definition) is 3. The van der Waals surface area contributed by atoms with Gasteiger partial charge in [0.1, 0.15) is 23.4 Å². The SMILES string of the molecule is C=Cc1cccc(C(C(=O)NCCCCC)N(C(=O)C(Cc2ccc(O)cc2)NC(=O)OC(C)(C)C)C(C)CC)c1. The second-order valence-electron chi connectivity index (χ2n) is 11.3. The number of unbranched alkanes of at least 4 members (excludes halogenated alkanes) is 2. The number of benzene rings is 2. The Morgan fingerprint density at radius 1 is 1.07 bits per heavy atom. The maximum Gasteiger partial charge on any atom is 0.408 e. The average Bonchev–Trinajstić information content (AvgIpc) is 2.93. The summed E-state index contributed by atoms with van der Waals surface area (Å²) in [4.78, 5) is 42.8. The summed E-state index contributed by atoms with van der Waals surface area (Å²) in [6, 6.07) is 11.6. The Kier molecular flexibility index (Phi) is 12.9. The number of nitrogens with zero attached hydrogens (tertiary/aromatic N) is 1. The molecule has 0 aromatic heterocycles. The largest absolute Gasteiger partial charge is 0.508 e. The van der Waals surface area contributed by atoms with E-state index < -0.39 is 29.7 Å². The molecule has 0 spiro atoms. The molecule has 41 heavy (non-hydrogen) atoms. The summed E-state index contributed by atoms with van der Waals surface area (Å²) < 4.78 is 5.49. The fourth-order valence-electron chi connectivity index (χ4n) is 4.47. The third-order valence-electron chi connectivity index (χ3n) is 6.75. The number of carbonyl (C=O) groups excluding carboxylic acids is 3. The van der Waals surface area contributed by atoms with Crippen LogP contribution >= 0.6 is 0 Å². The third kappa shape index (κ3) is 10.6. The zero-order chi connectivity index (χ0) is 30.6. The summed E-state index contributed by atoms with van der Waals surface area (Å²) in [7, 11) is 0. The molecule has 2 rings (SSSR count). The van der Waals surface area contributed by atoms with Crippen molar-refractivity contribution in [1.82, 2.24) is 15.5 Å². The lowest BCUT2D eigenvalue weighted by atomic mass is 9.96. The van der Waals surface area contributed by atoms with Gasteiger partial charge in [0.25, 0.3) is 0 Å². The van der Waals surface area contributed by atoms with Crippen LogP contribution in [0.15, 0.2) is 55.1 Å². The Labute approximate surface area is 245 Å². The normalized spacial score (nSPS) is 13.4. The second-order valence-corrected chi connectivity index (χ2v) is 11.3. The van der Waals surface area contributed by atoms with Crippen LogP contribution in [0.4, 0.5) is 4.79 Å². The molecule has 3 amide bonds. The third-order valence-corrected chi connectivity index (χ3v) is 6.75. The Hall–Kier alpha value is -3.81.